The second-order valence-corrected chi connectivity index (χ2v) is 1.79. The molecule has 0 fully saturated rings. The summed E-state index contributed by atoms with van der Waals surface area (Å²) in [5.74, 6) is 6.69. The Labute approximate surface area is 81.6 Å². The lowest BCUT2D eigenvalue weighted by atomic mass is 10.6. The number of rotatable bonds is 2. The quantitative estimate of drug-likeness (QED) is 0.329. The summed E-state index contributed by atoms with van der Waals surface area (Å²) in [6.45, 7) is -0.284. The van der Waals surface area contributed by atoms with Crippen LogP contribution in [0, 0.1) is 36.5 Å². The van der Waals surface area contributed by atoms with Gasteiger partial charge in [0.05, 0.1) is 0 Å². The van der Waals surface area contributed by atoms with Gasteiger partial charge in [-0.2, -0.15) is 0 Å². The SMILES string of the molecule is C#CC(=O)OCC#CCOC(=O)C#C. The molecule has 0 saturated carbocycles. The molecule has 0 atom stereocenters. The highest BCUT2D eigenvalue weighted by atomic mass is 16.5. The summed E-state index contributed by atoms with van der Waals surface area (Å²) < 4.78 is 8.79. The van der Waals surface area contributed by atoms with Gasteiger partial charge in [0.15, 0.2) is 13.2 Å². The number of carbonyl (C=O) groups is 2. The van der Waals surface area contributed by atoms with Crippen LogP contribution in [0.5, 0.6) is 0 Å². The van der Waals surface area contributed by atoms with Crippen LogP contribution in [0.15, 0.2) is 0 Å². The van der Waals surface area contributed by atoms with Crippen LogP contribution < -0.4 is 0 Å². The first-order valence-corrected chi connectivity index (χ1v) is 3.43. The molecule has 0 bridgehead atoms. The van der Waals surface area contributed by atoms with E-state index in [9.17, 15) is 9.59 Å². The molecule has 0 saturated heterocycles. The summed E-state index contributed by atoms with van der Waals surface area (Å²) >= 11 is 0. The van der Waals surface area contributed by atoms with Crippen molar-refractivity contribution < 1.29 is 19.1 Å². The van der Waals surface area contributed by atoms with E-state index in [1.54, 1.807) is 11.8 Å². The molecule has 4 heteroatoms. The lowest BCUT2D eigenvalue weighted by molar-refractivity contribution is -0.136. The molecule has 0 aliphatic carbocycles. The first kappa shape index (κ1) is 11.6. The lowest BCUT2D eigenvalue weighted by Gasteiger charge is -1.92. The summed E-state index contributed by atoms with van der Waals surface area (Å²) in [4.78, 5) is 20.7. The summed E-state index contributed by atoms with van der Waals surface area (Å²) in [6.07, 6.45) is 9.41. The maximum atomic E-state index is 10.4. The van der Waals surface area contributed by atoms with Crippen molar-refractivity contribution in [2.75, 3.05) is 13.2 Å². The fourth-order valence-electron chi connectivity index (χ4n) is 0.389. The molecule has 0 amide bonds. The highest BCUT2D eigenvalue weighted by Crippen LogP contribution is 1.75. The second-order valence-electron chi connectivity index (χ2n) is 1.79. The van der Waals surface area contributed by atoms with E-state index in [0.717, 1.165) is 0 Å². The van der Waals surface area contributed by atoms with Crippen LogP contribution in [-0.4, -0.2) is 25.2 Å². The zero-order valence-electron chi connectivity index (χ0n) is 7.20. The molecule has 0 aromatic carbocycles. The zero-order valence-corrected chi connectivity index (χ0v) is 7.20. The van der Waals surface area contributed by atoms with Gasteiger partial charge in [-0.1, -0.05) is 11.8 Å². The van der Waals surface area contributed by atoms with Crippen LogP contribution in [-0.2, 0) is 19.1 Å². The van der Waals surface area contributed by atoms with Crippen LogP contribution in [0.4, 0.5) is 0 Å². The number of hydrogen-bond donors (Lipinski definition) is 0. The molecule has 0 N–H and O–H groups in total. The number of carbonyl (C=O) groups excluding carboxylic acids is 2. The third-order valence-corrected chi connectivity index (χ3v) is 0.912. The highest BCUT2D eigenvalue weighted by Gasteiger charge is 1.92. The van der Waals surface area contributed by atoms with E-state index in [-0.39, 0.29) is 13.2 Å². The van der Waals surface area contributed by atoms with E-state index < -0.39 is 11.9 Å². The Kier molecular flexibility index (Phi) is 6.04. The summed E-state index contributed by atoms with van der Waals surface area (Å²) in [6, 6.07) is 0. The first-order valence-electron chi connectivity index (χ1n) is 3.43. The van der Waals surface area contributed by atoms with Crippen molar-refractivity contribution in [3.63, 3.8) is 0 Å². The molecule has 0 aliphatic rings. The number of terminal acetylenes is 2. The fraction of sp³-hybridized carbons (Fsp3) is 0.200. The minimum Gasteiger partial charge on any atom is -0.443 e. The maximum absolute atomic E-state index is 10.4. The monoisotopic (exact) mass is 190 g/mol. The Morgan fingerprint density at radius 3 is 1.57 bits per heavy atom. The lowest BCUT2D eigenvalue weighted by Crippen LogP contribution is -2.02. The Balaban J connectivity index is 3.57. The molecule has 70 valence electrons. The van der Waals surface area contributed by atoms with Crippen LogP contribution >= 0.6 is 0 Å². The van der Waals surface area contributed by atoms with E-state index in [2.05, 4.69) is 21.3 Å². The van der Waals surface area contributed by atoms with Gasteiger partial charge < -0.3 is 9.47 Å². The minimum atomic E-state index is -0.792. The molecule has 0 unspecified atom stereocenters. The Morgan fingerprint density at radius 1 is 0.929 bits per heavy atom. The van der Waals surface area contributed by atoms with Crippen LogP contribution in [0.1, 0.15) is 0 Å². The molecular weight excluding hydrogens is 184 g/mol. The van der Waals surface area contributed by atoms with Crippen molar-refractivity contribution in [3.8, 4) is 36.5 Å². The first-order chi connectivity index (χ1) is 6.70. The van der Waals surface area contributed by atoms with Gasteiger partial charge in [0.25, 0.3) is 0 Å². The second kappa shape index (κ2) is 7.28. The molecule has 0 spiro atoms. The van der Waals surface area contributed by atoms with Gasteiger partial charge in [-0.15, -0.1) is 12.8 Å². The van der Waals surface area contributed by atoms with Crippen molar-refractivity contribution in [2.24, 2.45) is 0 Å². The normalized spacial score (nSPS) is 7.00. The van der Waals surface area contributed by atoms with Crippen LogP contribution in [0.2, 0.25) is 0 Å². The van der Waals surface area contributed by atoms with Crippen molar-refractivity contribution >= 4 is 11.9 Å². The van der Waals surface area contributed by atoms with Crippen molar-refractivity contribution in [1.29, 1.82) is 0 Å². The predicted molar refractivity (Wildman–Crippen MR) is 47.4 cm³/mol. The molecule has 0 radical (unpaired) electrons. The predicted octanol–water partition coefficient (Wildman–Crippen LogP) is -0.657. The largest absolute Gasteiger partial charge is 0.443 e. The van der Waals surface area contributed by atoms with Crippen molar-refractivity contribution in [1.82, 2.24) is 0 Å². The van der Waals surface area contributed by atoms with Crippen molar-refractivity contribution in [3.05, 3.63) is 0 Å². The van der Waals surface area contributed by atoms with E-state index in [1.807, 2.05) is 0 Å². The third-order valence-electron chi connectivity index (χ3n) is 0.912. The van der Waals surface area contributed by atoms with Gasteiger partial charge in [0.2, 0.25) is 0 Å². The zero-order chi connectivity index (χ0) is 10.8. The van der Waals surface area contributed by atoms with Gasteiger partial charge in [-0.05, 0) is 0 Å². The van der Waals surface area contributed by atoms with Gasteiger partial charge in [0.1, 0.15) is 0 Å². The number of hydrogen-bond acceptors (Lipinski definition) is 4. The van der Waals surface area contributed by atoms with Crippen LogP contribution in [0.25, 0.3) is 0 Å². The molecule has 14 heavy (non-hydrogen) atoms. The maximum Gasteiger partial charge on any atom is 0.385 e. The highest BCUT2D eigenvalue weighted by molar-refractivity contribution is 5.88. The number of ether oxygens (including phenoxy) is 2. The molecule has 0 aromatic rings. The van der Waals surface area contributed by atoms with Gasteiger partial charge in [0, 0.05) is 11.8 Å². The Hall–Kier alpha value is -2.38. The van der Waals surface area contributed by atoms with E-state index in [1.165, 1.54) is 0 Å². The minimum absolute atomic E-state index is 0.142. The molecule has 0 rings (SSSR count). The Bertz CT molecular complexity index is 322. The average Bonchev–Trinajstić information content (AvgIpc) is 2.22. The number of esters is 2. The average molecular weight is 190 g/mol. The molecule has 4 nitrogen and oxygen atoms in total. The Morgan fingerprint density at radius 2 is 1.29 bits per heavy atom. The summed E-state index contributed by atoms with van der Waals surface area (Å²) in [5, 5.41) is 0. The standard InChI is InChI=1S/C10H6O4/c1-3-9(11)13-7-5-6-8-14-10(12)4-2/h1-2H,7-8H2. The molecule has 0 aliphatic heterocycles. The van der Waals surface area contributed by atoms with Gasteiger partial charge >= 0.3 is 11.9 Å². The van der Waals surface area contributed by atoms with E-state index in [4.69, 9.17) is 12.8 Å². The fourth-order valence-corrected chi connectivity index (χ4v) is 0.389. The summed E-state index contributed by atoms with van der Waals surface area (Å²) in [7, 11) is 0. The van der Waals surface area contributed by atoms with Crippen LogP contribution in [0.3, 0.4) is 0 Å². The van der Waals surface area contributed by atoms with Gasteiger partial charge in [-0.3, -0.25) is 0 Å². The molecule has 0 aromatic heterocycles. The molecule has 0 heterocycles. The van der Waals surface area contributed by atoms with E-state index >= 15 is 0 Å². The topological polar surface area (TPSA) is 52.6 Å². The van der Waals surface area contributed by atoms with E-state index in [0.29, 0.717) is 0 Å². The van der Waals surface area contributed by atoms with Gasteiger partial charge in [-0.25, -0.2) is 9.59 Å². The molecular formula is C10H6O4. The third kappa shape index (κ3) is 6.34. The smallest absolute Gasteiger partial charge is 0.385 e. The summed E-state index contributed by atoms with van der Waals surface area (Å²) in [5.41, 5.74) is 0. The van der Waals surface area contributed by atoms with Crippen molar-refractivity contribution in [2.45, 2.75) is 0 Å².